The van der Waals surface area contributed by atoms with E-state index in [1.807, 2.05) is 12.1 Å². The van der Waals surface area contributed by atoms with Crippen LogP contribution in [0.15, 0.2) is 51.4 Å². The van der Waals surface area contributed by atoms with Gasteiger partial charge in [-0.3, -0.25) is 4.79 Å². The second-order valence-corrected chi connectivity index (χ2v) is 6.68. The fourth-order valence-electron chi connectivity index (χ4n) is 2.39. The van der Waals surface area contributed by atoms with Crippen molar-refractivity contribution in [3.05, 3.63) is 52.4 Å². The predicted octanol–water partition coefficient (Wildman–Crippen LogP) is 4.53. The van der Waals surface area contributed by atoms with Crippen LogP contribution in [0.5, 0.6) is 0 Å². The highest BCUT2D eigenvalue weighted by Crippen LogP contribution is 2.25. The van der Waals surface area contributed by atoms with E-state index in [-0.39, 0.29) is 5.16 Å². The highest BCUT2D eigenvalue weighted by atomic mass is 32.2. The third-order valence-corrected chi connectivity index (χ3v) is 4.71. The summed E-state index contributed by atoms with van der Waals surface area (Å²) in [5.74, 6) is 0. The molecule has 23 heavy (non-hydrogen) atoms. The summed E-state index contributed by atoms with van der Waals surface area (Å²) in [5.41, 5.74) is 0.856. The summed E-state index contributed by atoms with van der Waals surface area (Å²) in [7, 11) is 0. The van der Waals surface area contributed by atoms with Gasteiger partial charge in [-0.15, -0.1) is 4.73 Å². The molecule has 0 fully saturated rings. The van der Waals surface area contributed by atoms with E-state index >= 15 is 0 Å². The number of aryl methyl sites for hydroxylation is 1. The minimum Gasteiger partial charge on any atom is -0.423 e. The van der Waals surface area contributed by atoms with Crippen molar-refractivity contribution in [2.75, 3.05) is 0 Å². The van der Waals surface area contributed by atoms with Gasteiger partial charge in [0.1, 0.15) is 0 Å². The largest absolute Gasteiger partial charge is 0.423 e. The fraction of sp³-hybridized carbons (Fsp3) is 0.444. The minimum absolute atomic E-state index is 0.279. The SMILES string of the molecule is CCCCCCCCc1ccc(Sc2nccc(=O)n2O)cc1. The molecule has 2 aromatic rings. The van der Waals surface area contributed by atoms with Crippen LogP contribution in [0, 0.1) is 0 Å². The molecule has 0 saturated carbocycles. The summed E-state index contributed by atoms with van der Waals surface area (Å²) in [5, 5.41) is 9.92. The zero-order valence-electron chi connectivity index (χ0n) is 13.6. The molecule has 0 bridgehead atoms. The predicted molar refractivity (Wildman–Crippen MR) is 93.3 cm³/mol. The van der Waals surface area contributed by atoms with Crippen molar-refractivity contribution in [2.45, 2.75) is 61.9 Å². The van der Waals surface area contributed by atoms with Crippen LogP contribution in [-0.2, 0) is 6.42 Å². The van der Waals surface area contributed by atoms with Crippen LogP contribution in [0.4, 0.5) is 0 Å². The van der Waals surface area contributed by atoms with Gasteiger partial charge in [0, 0.05) is 17.2 Å². The van der Waals surface area contributed by atoms with Gasteiger partial charge in [-0.05, 0) is 42.3 Å². The van der Waals surface area contributed by atoms with Crippen LogP contribution in [0.2, 0.25) is 0 Å². The molecule has 1 aromatic heterocycles. The number of nitrogens with zero attached hydrogens (tertiary/aromatic N) is 2. The molecule has 0 atom stereocenters. The Bertz CT molecular complexity index is 653. The molecule has 0 spiro atoms. The summed E-state index contributed by atoms with van der Waals surface area (Å²) >= 11 is 1.28. The molecule has 0 saturated heterocycles. The Hall–Kier alpha value is -1.75. The van der Waals surface area contributed by atoms with Crippen molar-refractivity contribution in [3.63, 3.8) is 0 Å². The number of benzene rings is 1. The van der Waals surface area contributed by atoms with E-state index in [1.54, 1.807) is 0 Å². The van der Waals surface area contributed by atoms with Crippen molar-refractivity contribution in [1.82, 2.24) is 9.71 Å². The smallest absolute Gasteiger partial charge is 0.286 e. The molecule has 2 rings (SSSR count). The molecule has 0 aliphatic heterocycles. The highest BCUT2D eigenvalue weighted by Gasteiger charge is 2.05. The first-order chi connectivity index (χ1) is 11.2. The van der Waals surface area contributed by atoms with Gasteiger partial charge < -0.3 is 5.21 Å². The van der Waals surface area contributed by atoms with Crippen LogP contribution < -0.4 is 5.56 Å². The summed E-state index contributed by atoms with van der Waals surface area (Å²) in [6, 6.07) is 9.47. The van der Waals surface area contributed by atoms with Crippen molar-refractivity contribution in [2.24, 2.45) is 0 Å². The number of unbranched alkanes of at least 4 members (excludes halogenated alkanes) is 5. The average molecular weight is 332 g/mol. The van der Waals surface area contributed by atoms with Crippen molar-refractivity contribution in [3.8, 4) is 0 Å². The monoisotopic (exact) mass is 332 g/mol. The molecular weight excluding hydrogens is 308 g/mol. The molecule has 0 aliphatic rings. The van der Waals surface area contributed by atoms with Crippen LogP contribution in [0.3, 0.4) is 0 Å². The number of rotatable bonds is 9. The van der Waals surface area contributed by atoms with Crippen LogP contribution in [0.25, 0.3) is 0 Å². The Morgan fingerprint density at radius 2 is 1.74 bits per heavy atom. The van der Waals surface area contributed by atoms with Gasteiger partial charge in [-0.25, -0.2) is 4.98 Å². The van der Waals surface area contributed by atoms with E-state index in [0.717, 1.165) is 11.3 Å². The standard InChI is InChI=1S/C18H24N2O2S/c1-2-3-4-5-6-7-8-15-9-11-16(12-10-15)23-18-19-14-13-17(21)20(18)22/h9-14,22H,2-8H2,1H3. The highest BCUT2D eigenvalue weighted by molar-refractivity contribution is 7.99. The Morgan fingerprint density at radius 3 is 2.48 bits per heavy atom. The summed E-state index contributed by atoms with van der Waals surface area (Å²) in [6.07, 6.45) is 10.3. The normalized spacial score (nSPS) is 10.8. The molecular formula is C18H24N2O2S. The Morgan fingerprint density at radius 1 is 1.04 bits per heavy atom. The van der Waals surface area contributed by atoms with Crippen LogP contribution in [0.1, 0.15) is 51.0 Å². The molecule has 1 heterocycles. The van der Waals surface area contributed by atoms with E-state index in [2.05, 4.69) is 24.0 Å². The Labute approximate surface area is 141 Å². The molecule has 1 N–H and O–H groups in total. The zero-order valence-corrected chi connectivity index (χ0v) is 14.4. The van der Waals surface area contributed by atoms with Crippen molar-refractivity contribution < 1.29 is 5.21 Å². The van der Waals surface area contributed by atoms with Gasteiger partial charge >= 0.3 is 0 Å². The van der Waals surface area contributed by atoms with Crippen LogP contribution in [-0.4, -0.2) is 14.9 Å². The van der Waals surface area contributed by atoms with Gasteiger partial charge in [-0.1, -0.05) is 51.2 Å². The maximum absolute atomic E-state index is 11.4. The second kappa shape index (κ2) is 9.40. The number of hydrogen-bond donors (Lipinski definition) is 1. The molecule has 4 nitrogen and oxygen atoms in total. The topological polar surface area (TPSA) is 55.1 Å². The summed E-state index contributed by atoms with van der Waals surface area (Å²) < 4.78 is 0.578. The van der Waals surface area contributed by atoms with Gasteiger partial charge in [-0.2, -0.15) is 0 Å². The summed E-state index contributed by atoms with van der Waals surface area (Å²) in [4.78, 5) is 16.3. The molecule has 0 unspecified atom stereocenters. The molecule has 124 valence electrons. The van der Waals surface area contributed by atoms with Gasteiger partial charge in [0.15, 0.2) is 0 Å². The van der Waals surface area contributed by atoms with E-state index in [0.29, 0.717) is 4.73 Å². The maximum Gasteiger partial charge on any atom is 0.286 e. The summed E-state index contributed by atoms with van der Waals surface area (Å²) in [6.45, 7) is 2.24. The van der Waals surface area contributed by atoms with E-state index < -0.39 is 5.56 Å². The van der Waals surface area contributed by atoms with E-state index in [4.69, 9.17) is 0 Å². The van der Waals surface area contributed by atoms with E-state index in [1.165, 1.54) is 68.1 Å². The number of hydrogen-bond acceptors (Lipinski definition) is 4. The first-order valence-corrected chi connectivity index (χ1v) is 9.06. The molecule has 1 aromatic carbocycles. The van der Waals surface area contributed by atoms with Gasteiger partial charge in [0.2, 0.25) is 5.16 Å². The lowest BCUT2D eigenvalue weighted by atomic mass is 10.1. The quantitative estimate of drug-likeness (QED) is 0.416. The second-order valence-electron chi connectivity index (χ2n) is 5.64. The maximum atomic E-state index is 11.4. The molecule has 0 aliphatic carbocycles. The van der Waals surface area contributed by atoms with Gasteiger partial charge in [0.25, 0.3) is 5.56 Å². The number of aromatic nitrogens is 2. The van der Waals surface area contributed by atoms with E-state index in [9.17, 15) is 10.0 Å². The Kier molecular flexibility index (Phi) is 7.20. The minimum atomic E-state index is -0.470. The molecule has 0 radical (unpaired) electrons. The first-order valence-electron chi connectivity index (χ1n) is 8.25. The third kappa shape index (κ3) is 5.75. The first kappa shape index (κ1) is 17.6. The zero-order chi connectivity index (χ0) is 16.5. The fourth-order valence-corrected chi connectivity index (χ4v) is 3.17. The van der Waals surface area contributed by atoms with Crippen molar-refractivity contribution >= 4 is 11.8 Å². The average Bonchev–Trinajstić information content (AvgIpc) is 2.56. The lowest BCUT2D eigenvalue weighted by molar-refractivity contribution is 0.143. The van der Waals surface area contributed by atoms with Gasteiger partial charge in [0.05, 0.1) is 0 Å². The molecule has 5 heteroatoms. The third-order valence-electron chi connectivity index (χ3n) is 3.74. The van der Waals surface area contributed by atoms with Crippen LogP contribution >= 0.6 is 11.8 Å². The Balaban J connectivity index is 1.82. The lowest BCUT2D eigenvalue weighted by Crippen LogP contribution is -2.18. The molecule has 0 amide bonds. The van der Waals surface area contributed by atoms with Crippen molar-refractivity contribution in [1.29, 1.82) is 0 Å². The lowest BCUT2D eigenvalue weighted by Gasteiger charge is -2.06.